The molecule has 1 aliphatic rings. The minimum Gasteiger partial charge on any atom is -0.439 e. The molecule has 98 valence electrons. The fourth-order valence-electron chi connectivity index (χ4n) is 2.30. The zero-order chi connectivity index (χ0) is 13.1. The lowest BCUT2D eigenvalue weighted by molar-refractivity contribution is 0.193. The molecule has 0 aliphatic carbocycles. The highest BCUT2D eigenvalue weighted by molar-refractivity contribution is 5.35. The van der Waals surface area contributed by atoms with Gasteiger partial charge in [-0.05, 0) is 31.5 Å². The molecule has 0 spiro atoms. The molecule has 1 saturated heterocycles. The normalized spacial score (nSPS) is 18.5. The van der Waals surface area contributed by atoms with Gasteiger partial charge in [-0.15, -0.1) is 0 Å². The van der Waals surface area contributed by atoms with Gasteiger partial charge in [0.15, 0.2) is 0 Å². The van der Waals surface area contributed by atoms with Gasteiger partial charge in [0.2, 0.25) is 5.88 Å². The molecule has 1 atom stereocenters. The van der Waals surface area contributed by atoms with Gasteiger partial charge in [-0.3, -0.25) is 0 Å². The molecule has 1 unspecified atom stereocenters. The minimum absolute atomic E-state index is 0.397. The molecule has 19 heavy (non-hydrogen) atoms. The van der Waals surface area contributed by atoms with E-state index in [9.17, 15) is 0 Å². The standard InChI is InChI=1S/C16H17NO2/c1-12-4-6-14(7-5-12)19-16-15(3-2-9-17-16)13-8-10-18-11-13/h2-7,9,13H,8,10-11H2,1H3. The number of aryl methyl sites for hydroxylation is 1. The first-order chi connectivity index (χ1) is 9.33. The predicted molar refractivity (Wildman–Crippen MR) is 73.7 cm³/mol. The number of pyridine rings is 1. The third kappa shape index (κ3) is 2.76. The summed E-state index contributed by atoms with van der Waals surface area (Å²) >= 11 is 0. The Morgan fingerprint density at radius 3 is 2.79 bits per heavy atom. The van der Waals surface area contributed by atoms with Crippen molar-refractivity contribution < 1.29 is 9.47 Å². The van der Waals surface area contributed by atoms with Gasteiger partial charge in [0.05, 0.1) is 6.61 Å². The van der Waals surface area contributed by atoms with E-state index in [0.29, 0.717) is 11.8 Å². The van der Waals surface area contributed by atoms with Crippen molar-refractivity contribution in [3.63, 3.8) is 0 Å². The highest BCUT2D eigenvalue weighted by Crippen LogP contribution is 2.33. The Balaban J connectivity index is 1.85. The summed E-state index contributed by atoms with van der Waals surface area (Å²) in [4.78, 5) is 4.36. The fourth-order valence-corrected chi connectivity index (χ4v) is 2.30. The molecule has 1 aliphatic heterocycles. The zero-order valence-electron chi connectivity index (χ0n) is 11.0. The van der Waals surface area contributed by atoms with Crippen LogP contribution < -0.4 is 4.74 Å². The van der Waals surface area contributed by atoms with E-state index in [4.69, 9.17) is 9.47 Å². The van der Waals surface area contributed by atoms with Crippen molar-refractivity contribution >= 4 is 0 Å². The summed E-state index contributed by atoms with van der Waals surface area (Å²) in [5, 5.41) is 0. The van der Waals surface area contributed by atoms with Gasteiger partial charge in [-0.25, -0.2) is 4.98 Å². The van der Waals surface area contributed by atoms with Crippen LogP contribution in [0.2, 0.25) is 0 Å². The SMILES string of the molecule is Cc1ccc(Oc2ncccc2C2CCOC2)cc1. The Morgan fingerprint density at radius 2 is 2.05 bits per heavy atom. The van der Waals surface area contributed by atoms with E-state index < -0.39 is 0 Å². The Kier molecular flexibility index (Phi) is 3.47. The van der Waals surface area contributed by atoms with Crippen molar-refractivity contribution in [3.05, 3.63) is 53.7 Å². The second-order valence-corrected chi connectivity index (χ2v) is 4.87. The molecule has 0 bridgehead atoms. The number of aromatic nitrogens is 1. The minimum atomic E-state index is 0.397. The molecule has 2 heterocycles. The third-order valence-electron chi connectivity index (χ3n) is 3.41. The smallest absolute Gasteiger partial charge is 0.222 e. The molecule has 0 radical (unpaired) electrons. The molecule has 0 amide bonds. The van der Waals surface area contributed by atoms with Crippen molar-refractivity contribution in [2.75, 3.05) is 13.2 Å². The average Bonchev–Trinajstić information content (AvgIpc) is 2.96. The van der Waals surface area contributed by atoms with Crippen molar-refractivity contribution in [2.45, 2.75) is 19.3 Å². The Morgan fingerprint density at radius 1 is 1.21 bits per heavy atom. The number of benzene rings is 1. The van der Waals surface area contributed by atoms with Crippen LogP contribution in [0, 0.1) is 6.92 Å². The molecule has 1 fully saturated rings. The van der Waals surface area contributed by atoms with Gasteiger partial charge < -0.3 is 9.47 Å². The van der Waals surface area contributed by atoms with Crippen LogP contribution in [0.3, 0.4) is 0 Å². The van der Waals surface area contributed by atoms with E-state index in [1.54, 1.807) is 6.20 Å². The number of ether oxygens (including phenoxy) is 2. The van der Waals surface area contributed by atoms with E-state index in [0.717, 1.165) is 30.9 Å². The molecule has 3 nitrogen and oxygen atoms in total. The summed E-state index contributed by atoms with van der Waals surface area (Å²) in [6.07, 6.45) is 2.80. The van der Waals surface area contributed by atoms with Gasteiger partial charge in [0.25, 0.3) is 0 Å². The van der Waals surface area contributed by atoms with E-state index >= 15 is 0 Å². The molecule has 0 N–H and O–H groups in total. The number of rotatable bonds is 3. The molecule has 1 aromatic carbocycles. The van der Waals surface area contributed by atoms with Crippen LogP contribution >= 0.6 is 0 Å². The van der Waals surface area contributed by atoms with Crippen LogP contribution in [-0.4, -0.2) is 18.2 Å². The second-order valence-electron chi connectivity index (χ2n) is 4.87. The monoisotopic (exact) mass is 255 g/mol. The van der Waals surface area contributed by atoms with Crippen LogP contribution in [0.15, 0.2) is 42.6 Å². The number of nitrogens with zero attached hydrogens (tertiary/aromatic N) is 1. The van der Waals surface area contributed by atoms with E-state index in [1.165, 1.54) is 5.56 Å². The summed E-state index contributed by atoms with van der Waals surface area (Å²) < 4.78 is 11.4. The molecule has 2 aromatic rings. The maximum Gasteiger partial charge on any atom is 0.222 e. The summed E-state index contributed by atoms with van der Waals surface area (Å²) in [6, 6.07) is 12.1. The third-order valence-corrected chi connectivity index (χ3v) is 3.41. The number of hydrogen-bond donors (Lipinski definition) is 0. The number of hydrogen-bond acceptors (Lipinski definition) is 3. The molecule has 3 heteroatoms. The topological polar surface area (TPSA) is 31.4 Å². The van der Waals surface area contributed by atoms with Crippen molar-refractivity contribution in [1.29, 1.82) is 0 Å². The maximum absolute atomic E-state index is 5.91. The van der Waals surface area contributed by atoms with Gasteiger partial charge >= 0.3 is 0 Å². The molecule has 1 aromatic heterocycles. The first-order valence-corrected chi connectivity index (χ1v) is 6.60. The van der Waals surface area contributed by atoms with Crippen LogP contribution in [-0.2, 0) is 4.74 Å². The van der Waals surface area contributed by atoms with Crippen molar-refractivity contribution in [2.24, 2.45) is 0 Å². The quantitative estimate of drug-likeness (QED) is 0.838. The largest absolute Gasteiger partial charge is 0.439 e. The fraction of sp³-hybridized carbons (Fsp3) is 0.312. The van der Waals surface area contributed by atoms with E-state index in [-0.39, 0.29) is 0 Å². The summed E-state index contributed by atoms with van der Waals surface area (Å²) in [6.45, 7) is 3.64. The predicted octanol–water partition coefficient (Wildman–Crippen LogP) is 3.69. The van der Waals surface area contributed by atoms with Gasteiger partial charge in [0, 0.05) is 24.3 Å². The van der Waals surface area contributed by atoms with Crippen LogP contribution in [0.1, 0.15) is 23.5 Å². The molecular weight excluding hydrogens is 238 g/mol. The lowest BCUT2D eigenvalue weighted by atomic mass is 10.00. The van der Waals surface area contributed by atoms with Crippen molar-refractivity contribution in [3.8, 4) is 11.6 Å². The lowest BCUT2D eigenvalue weighted by Crippen LogP contribution is -2.02. The van der Waals surface area contributed by atoms with Crippen molar-refractivity contribution in [1.82, 2.24) is 4.98 Å². The first kappa shape index (κ1) is 12.2. The zero-order valence-corrected chi connectivity index (χ0v) is 11.0. The molecule has 0 saturated carbocycles. The second kappa shape index (κ2) is 5.41. The van der Waals surface area contributed by atoms with Crippen LogP contribution in [0.5, 0.6) is 11.6 Å². The molecular formula is C16H17NO2. The van der Waals surface area contributed by atoms with Crippen LogP contribution in [0.4, 0.5) is 0 Å². The maximum atomic E-state index is 5.91. The summed E-state index contributed by atoms with van der Waals surface area (Å²) in [5.74, 6) is 1.92. The average molecular weight is 255 g/mol. The summed E-state index contributed by atoms with van der Waals surface area (Å²) in [7, 11) is 0. The highest BCUT2D eigenvalue weighted by Gasteiger charge is 2.22. The highest BCUT2D eigenvalue weighted by atomic mass is 16.5. The first-order valence-electron chi connectivity index (χ1n) is 6.60. The van der Waals surface area contributed by atoms with Gasteiger partial charge in [-0.1, -0.05) is 23.8 Å². The Hall–Kier alpha value is -1.87. The van der Waals surface area contributed by atoms with E-state index in [1.807, 2.05) is 30.3 Å². The van der Waals surface area contributed by atoms with Crippen LogP contribution in [0.25, 0.3) is 0 Å². The Labute approximate surface area is 113 Å². The molecule has 3 rings (SSSR count). The Bertz CT molecular complexity index is 545. The summed E-state index contributed by atoms with van der Waals surface area (Å²) in [5.41, 5.74) is 2.36. The van der Waals surface area contributed by atoms with Gasteiger partial charge in [-0.2, -0.15) is 0 Å². The van der Waals surface area contributed by atoms with Gasteiger partial charge in [0.1, 0.15) is 5.75 Å². The van der Waals surface area contributed by atoms with E-state index in [2.05, 4.69) is 18.0 Å². The lowest BCUT2D eigenvalue weighted by Gasteiger charge is -2.13.